The van der Waals surface area contributed by atoms with E-state index in [1.807, 2.05) is 0 Å². The maximum absolute atomic E-state index is 5.79. The number of hydrogen-bond donors (Lipinski definition) is 2. The summed E-state index contributed by atoms with van der Waals surface area (Å²) >= 11 is 4.99. The number of nitrogen functional groups attached to an aromatic ring is 1. The zero-order valence-corrected chi connectivity index (χ0v) is 9.18. The Morgan fingerprint density at radius 3 is 2.57 bits per heavy atom. The van der Waals surface area contributed by atoms with Crippen LogP contribution < -0.4 is 5.84 Å². The molecular formula is C9H16N4S. The summed E-state index contributed by atoms with van der Waals surface area (Å²) < 4.78 is 2.02. The molecule has 14 heavy (non-hydrogen) atoms. The van der Waals surface area contributed by atoms with E-state index in [0.717, 1.165) is 11.7 Å². The lowest BCUT2D eigenvalue weighted by Crippen LogP contribution is -2.19. The molecule has 0 bridgehead atoms. The van der Waals surface area contributed by atoms with Gasteiger partial charge in [0.1, 0.15) is 0 Å². The third-order valence-electron chi connectivity index (χ3n) is 3.11. The van der Waals surface area contributed by atoms with Gasteiger partial charge in [0.25, 0.3) is 0 Å². The van der Waals surface area contributed by atoms with E-state index in [-0.39, 0.29) is 0 Å². The van der Waals surface area contributed by atoms with Crippen molar-refractivity contribution < 1.29 is 0 Å². The standard InChI is InChI=1S/C9H16N4S/c1-6-2-4-7(5-3-6)8-11-12-9(14)13(8)10/h6-7H,2-5,10H2,1H3,(H,12,14). The summed E-state index contributed by atoms with van der Waals surface area (Å²) in [5.41, 5.74) is 0. The molecule has 1 heterocycles. The van der Waals surface area contributed by atoms with Gasteiger partial charge in [-0.15, -0.1) is 0 Å². The number of nitrogens with two attached hydrogens (primary N) is 1. The van der Waals surface area contributed by atoms with Crippen LogP contribution in [0.2, 0.25) is 0 Å². The van der Waals surface area contributed by atoms with Gasteiger partial charge in [-0.2, -0.15) is 5.10 Å². The van der Waals surface area contributed by atoms with E-state index in [1.165, 1.54) is 30.4 Å². The first-order valence-corrected chi connectivity index (χ1v) is 5.51. The Labute approximate surface area is 88.5 Å². The predicted octanol–water partition coefficient (Wildman–Crippen LogP) is 1.95. The molecule has 0 radical (unpaired) electrons. The molecule has 1 fully saturated rings. The lowest BCUT2D eigenvalue weighted by Gasteiger charge is -2.24. The number of hydrogen-bond acceptors (Lipinski definition) is 3. The molecule has 0 atom stereocenters. The Morgan fingerprint density at radius 2 is 2.07 bits per heavy atom. The quantitative estimate of drug-likeness (QED) is 0.552. The minimum Gasteiger partial charge on any atom is -0.335 e. The second-order valence-electron chi connectivity index (χ2n) is 4.21. The number of nitrogens with one attached hydrogen (secondary N) is 1. The summed E-state index contributed by atoms with van der Waals surface area (Å²) in [7, 11) is 0. The molecule has 5 heteroatoms. The minimum absolute atomic E-state index is 0.490. The summed E-state index contributed by atoms with van der Waals surface area (Å²) in [5.74, 6) is 8.04. The van der Waals surface area contributed by atoms with E-state index in [1.54, 1.807) is 0 Å². The molecule has 2 rings (SSSR count). The van der Waals surface area contributed by atoms with E-state index in [9.17, 15) is 0 Å². The fourth-order valence-electron chi connectivity index (χ4n) is 2.12. The molecule has 1 saturated carbocycles. The highest BCUT2D eigenvalue weighted by Gasteiger charge is 2.23. The first-order chi connectivity index (χ1) is 6.68. The largest absolute Gasteiger partial charge is 0.335 e. The van der Waals surface area contributed by atoms with Crippen LogP contribution in [0.4, 0.5) is 0 Å². The topological polar surface area (TPSA) is 59.6 Å². The number of H-pyrrole nitrogens is 1. The molecule has 0 amide bonds. The smallest absolute Gasteiger partial charge is 0.214 e. The first kappa shape index (κ1) is 9.71. The van der Waals surface area contributed by atoms with Gasteiger partial charge < -0.3 is 5.84 Å². The van der Waals surface area contributed by atoms with Crippen LogP contribution in [0.15, 0.2) is 0 Å². The molecule has 0 saturated heterocycles. The van der Waals surface area contributed by atoms with E-state index in [0.29, 0.717) is 10.7 Å². The maximum atomic E-state index is 5.79. The average Bonchev–Trinajstić information content (AvgIpc) is 2.50. The normalized spacial score (nSPS) is 27.8. The van der Waals surface area contributed by atoms with Crippen LogP contribution in [0.1, 0.15) is 44.3 Å². The van der Waals surface area contributed by atoms with Crippen molar-refractivity contribution in [1.82, 2.24) is 14.9 Å². The van der Waals surface area contributed by atoms with Crippen LogP contribution >= 0.6 is 12.2 Å². The van der Waals surface area contributed by atoms with Crippen LogP contribution in [0.25, 0.3) is 0 Å². The molecule has 0 unspecified atom stereocenters. The molecule has 0 aliphatic heterocycles. The van der Waals surface area contributed by atoms with Crippen molar-refractivity contribution in [1.29, 1.82) is 0 Å². The second-order valence-corrected chi connectivity index (χ2v) is 4.60. The fraction of sp³-hybridized carbons (Fsp3) is 0.778. The van der Waals surface area contributed by atoms with Crippen molar-refractivity contribution in [3.8, 4) is 0 Å². The number of aromatic amines is 1. The highest BCUT2D eigenvalue weighted by Crippen LogP contribution is 2.33. The molecule has 78 valence electrons. The Balaban J connectivity index is 2.16. The van der Waals surface area contributed by atoms with Crippen molar-refractivity contribution in [3.63, 3.8) is 0 Å². The number of aromatic nitrogens is 3. The van der Waals surface area contributed by atoms with E-state index >= 15 is 0 Å². The summed E-state index contributed by atoms with van der Waals surface area (Å²) in [5, 5.41) is 6.92. The van der Waals surface area contributed by atoms with Gasteiger partial charge in [-0.1, -0.05) is 19.8 Å². The Hall–Kier alpha value is -0.840. The fourth-order valence-corrected chi connectivity index (χ4v) is 2.26. The highest BCUT2D eigenvalue weighted by molar-refractivity contribution is 7.71. The van der Waals surface area contributed by atoms with Crippen molar-refractivity contribution in [2.45, 2.75) is 38.5 Å². The van der Waals surface area contributed by atoms with E-state index < -0.39 is 0 Å². The van der Waals surface area contributed by atoms with Crippen LogP contribution in [0, 0.1) is 10.7 Å². The van der Waals surface area contributed by atoms with Gasteiger partial charge in [0, 0.05) is 5.92 Å². The van der Waals surface area contributed by atoms with Gasteiger partial charge in [0.15, 0.2) is 5.82 Å². The second kappa shape index (κ2) is 3.73. The molecule has 1 aliphatic carbocycles. The SMILES string of the molecule is CC1CCC(c2n[nH]c(=S)n2N)CC1. The minimum atomic E-state index is 0.490. The van der Waals surface area contributed by atoms with Crippen molar-refractivity contribution in [2.75, 3.05) is 5.84 Å². The Morgan fingerprint density at radius 1 is 1.43 bits per heavy atom. The van der Waals surface area contributed by atoms with Crippen LogP contribution in [0.5, 0.6) is 0 Å². The Bertz CT molecular complexity index is 359. The van der Waals surface area contributed by atoms with Crippen LogP contribution in [0.3, 0.4) is 0 Å². The maximum Gasteiger partial charge on any atom is 0.214 e. The summed E-state index contributed by atoms with van der Waals surface area (Å²) in [6.45, 7) is 2.30. The monoisotopic (exact) mass is 212 g/mol. The van der Waals surface area contributed by atoms with Crippen LogP contribution in [-0.4, -0.2) is 14.9 Å². The molecule has 4 nitrogen and oxygen atoms in total. The van der Waals surface area contributed by atoms with Gasteiger partial charge in [0.05, 0.1) is 0 Å². The Kier molecular flexibility index (Phi) is 2.58. The third kappa shape index (κ3) is 1.68. The zero-order valence-electron chi connectivity index (χ0n) is 8.36. The summed E-state index contributed by atoms with van der Waals surface area (Å²) in [4.78, 5) is 0. The lowest BCUT2D eigenvalue weighted by molar-refractivity contribution is 0.336. The molecule has 1 aromatic rings. The summed E-state index contributed by atoms with van der Waals surface area (Å²) in [6, 6.07) is 0. The van der Waals surface area contributed by atoms with Gasteiger partial charge in [-0.3, -0.25) is 5.10 Å². The first-order valence-electron chi connectivity index (χ1n) is 5.11. The lowest BCUT2D eigenvalue weighted by atomic mass is 9.83. The number of nitrogens with zero attached hydrogens (tertiary/aromatic N) is 2. The number of rotatable bonds is 1. The van der Waals surface area contributed by atoms with E-state index in [2.05, 4.69) is 17.1 Å². The van der Waals surface area contributed by atoms with Gasteiger partial charge in [-0.05, 0) is 31.0 Å². The van der Waals surface area contributed by atoms with Gasteiger partial charge in [0.2, 0.25) is 4.77 Å². The van der Waals surface area contributed by atoms with Crippen molar-refractivity contribution >= 4 is 12.2 Å². The van der Waals surface area contributed by atoms with E-state index in [4.69, 9.17) is 18.1 Å². The molecule has 1 aliphatic rings. The molecule has 0 aromatic carbocycles. The van der Waals surface area contributed by atoms with Gasteiger partial charge in [-0.25, -0.2) is 4.68 Å². The third-order valence-corrected chi connectivity index (χ3v) is 3.40. The molecule has 3 N–H and O–H groups in total. The molecule has 1 aromatic heterocycles. The molecular weight excluding hydrogens is 196 g/mol. The van der Waals surface area contributed by atoms with Gasteiger partial charge >= 0.3 is 0 Å². The van der Waals surface area contributed by atoms with Crippen molar-refractivity contribution in [2.24, 2.45) is 5.92 Å². The summed E-state index contributed by atoms with van der Waals surface area (Å²) in [6.07, 6.45) is 4.89. The van der Waals surface area contributed by atoms with Crippen molar-refractivity contribution in [3.05, 3.63) is 10.6 Å². The predicted molar refractivity (Wildman–Crippen MR) is 57.9 cm³/mol. The van der Waals surface area contributed by atoms with Crippen LogP contribution in [-0.2, 0) is 0 Å². The zero-order chi connectivity index (χ0) is 10.1. The molecule has 0 spiro atoms. The highest BCUT2D eigenvalue weighted by atomic mass is 32.1. The average molecular weight is 212 g/mol.